The Morgan fingerprint density at radius 3 is 2.52 bits per heavy atom. The minimum Gasteiger partial charge on any atom is -0.495 e. The molecule has 2 N–H and O–H groups in total. The third-order valence-electron chi connectivity index (χ3n) is 4.09. The molecule has 3 aromatic rings. The zero-order valence-corrected chi connectivity index (χ0v) is 15.7. The second-order valence-corrected chi connectivity index (χ2v) is 6.35. The molecule has 0 aliphatic heterocycles. The van der Waals surface area contributed by atoms with Crippen molar-refractivity contribution in [3.63, 3.8) is 0 Å². The van der Waals surface area contributed by atoms with Crippen molar-refractivity contribution in [1.82, 2.24) is 9.97 Å². The number of hydrogen-bond acceptors (Lipinski definition) is 5. The Labute approximate surface area is 158 Å². The van der Waals surface area contributed by atoms with Crippen molar-refractivity contribution in [3.8, 4) is 5.75 Å². The second-order valence-electron chi connectivity index (χ2n) is 6.35. The fourth-order valence-electron chi connectivity index (χ4n) is 2.74. The van der Waals surface area contributed by atoms with Crippen LogP contribution in [-0.2, 0) is 6.42 Å². The van der Waals surface area contributed by atoms with Gasteiger partial charge in [-0.15, -0.1) is 0 Å². The van der Waals surface area contributed by atoms with E-state index < -0.39 is 0 Å². The van der Waals surface area contributed by atoms with E-state index in [9.17, 15) is 4.39 Å². The highest BCUT2D eigenvalue weighted by atomic mass is 19.1. The fourth-order valence-corrected chi connectivity index (χ4v) is 2.74. The average molecular weight is 366 g/mol. The smallest absolute Gasteiger partial charge is 0.229 e. The fraction of sp³-hybridized carbons (Fsp3) is 0.238. The summed E-state index contributed by atoms with van der Waals surface area (Å²) in [6, 6.07) is 14.3. The number of nitrogens with one attached hydrogen (secondary N) is 2. The van der Waals surface area contributed by atoms with Gasteiger partial charge in [-0.25, -0.2) is 9.37 Å². The number of halogens is 1. The molecular weight excluding hydrogens is 343 g/mol. The lowest BCUT2D eigenvalue weighted by atomic mass is 10.1. The molecular formula is C21H23FN4O. The van der Waals surface area contributed by atoms with Gasteiger partial charge in [0.25, 0.3) is 0 Å². The zero-order valence-electron chi connectivity index (χ0n) is 15.7. The molecule has 0 fully saturated rings. The third kappa shape index (κ3) is 5.17. The van der Waals surface area contributed by atoms with Gasteiger partial charge in [0.2, 0.25) is 5.95 Å². The van der Waals surface area contributed by atoms with Crippen molar-refractivity contribution in [1.29, 1.82) is 0 Å². The van der Waals surface area contributed by atoms with Crippen molar-refractivity contribution in [3.05, 3.63) is 71.2 Å². The number of methoxy groups -OCH3 is 1. The Balaban J connectivity index is 1.69. The van der Waals surface area contributed by atoms with E-state index in [-0.39, 0.29) is 5.82 Å². The van der Waals surface area contributed by atoms with Crippen LogP contribution in [0.2, 0.25) is 0 Å². The molecule has 1 heterocycles. The molecule has 2 aromatic carbocycles. The number of anilines is 3. The first kappa shape index (κ1) is 18.6. The minimum atomic E-state index is -0.222. The van der Waals surface area contributed by atoms with Crippen LogP contribution in [0.1, 0.15) is 16.8 Å². The van der Waals surface area contributed by atoms with Crippen molar-refractivity contribution >= 4 is 17.5 Å². The van der Waals surface area contributed by atoms with Crippen LogP contribution in [0.5, 0.6) is 5.75 Å². The molecule has 0 saturated heterocycles. The van der Waals surface area contributed by atoms with Crippen LogP contribution in [0, 0.1) is 19.7 Å². The SMILES string of the molecule is COc1ccc(C)cc1Nc1nc(C)cc(NCCc2ccc(F)cc2)n1. The van der Waals surface area contributed by atoms with E-state index in [4.69, 9.17) is 4.74 Å². The molecule has 27 heavy (non-hydrogen) atoms. The monoisotopic (exact) mass is 366 g/mol. The van der Waals surface area contributed by atoms with Gasteiger partial charge >= 0.3 is 0 Å². The Bertz CT molecular complexity index is 913. The molecule has 0 radical (unpaired) electrons. The summed E-state index contributed by atoms with van der Waals surface area (Å²) in [6.45, 7) is 4.63. The highest BCUT2D eigenvalue weighted by molar-refractivity contribution is 5.64. The van der Waals surface area contributed by atoms with Crippen LogP contribution in [0.4, 0.5) is 21.8 Å². The summed E-state index contributed by atoms with van der Waals surface area (Å²) >= 11 is 0. The lowest BCUT2D eigenvalue weighted by Crippen LogP contribution is -2.09. The number of rotatable bonds is 7. The van der Waals surface area contributed by atoms with Crippen LogP contribution < -0.4 is 15.4 Å². The number of ether oxygens (including phenoxy) is 1. The summed E-state index contributed by atoms with van der Waals surface area (Å²) < 4.78 is 18.4. The van der Waals surface area contributed by atoms with E-state index in [1.54, 1.807) is 19.2 Å². The Kier molecular flexibility index (Phi) is 5.86. The maximum atomic E-state index is 13.0. The molecule has 0 unspecified atom stereocenters. The van der Waals surface area contributed by atoms with Crippen LogP contribution in [-0.4, -0.2) is 23.6 Å². The third-order valence-corrected chi connectivity index (χ3v) is 4.09. The lowest BCUT2D eigenvalue weighted by Gasteiger charge is -2.13. The van der Waals surface area contributed by atoms with Crippen molar-refractivity contribution in [2.24, 2.45) is 0 Å². The summed E-state index contributed by atoms with van der Waals surface area (Å²) in [5.74, 6) is 1.75. The van der Waals surface area contributed by atoms with Gasteiger partial charge in [-0.2, -0.15) is 4.98 Å². The highest BCUT2D eigenvalue weighted by Gasteiger charge is 2.07. The topological polar surface area (TPSA) is 59.1 Å². The molecule has 1 aromatic heterocycles. The van der Waals surface area contributed by atoms with Gasteiger partial charge in [0.05, 0.1) is 12.8 Å². The van der Waals surface area contributed by atoms with Crippen LogP contribution in [0.3, 0.4) is 0 Å². The van der Waals surface area contributed by atoms with Crippen LogP contribution >= 0.6 is 0 Å². The molecule has 0 saturated carbocycles. The molecule has 140 valence electrons. The van der Waals surface area contributed by atoms with E-state index in [2.05, 4.69) is 20.6 Å². The number of aryl methyl sites for hydroxylation is 2. The highest BCUT2D eigenvalue weighted by Crippen LogP contribution is 2.27. The first-order valence-corrected chi connectivity index (χ1v) is 8.79. The van der Waals surface area contributed by atoms with Gasteiger partial charge in [0, 0.05) is 18.3 Å². The molecule has 6 heteroatoms. The van der Waals surface area contributed by atoms with Gasteiger partial charge in [0.1, 0.15) is 17.4 Å². The standard InChI is InChI=1S/C21H23FN4O/c1-14-4-9-19(27-3)18(12-14)25-21-24-15(2)13-20(26-21)23-11-10-16-5-7-17(22)8-6-16/h4-9,12-13H,10-11H2,1-3H3,(H2,23,24,25,26). The maximum Gasteiger partial charge on any atom is 0.229 e. The maximum absolute atomic E-state index is 13.0. The first-order chi connectivity index (χ1) is 13.0. The summed E-state index contributed by atoms with van der Waals surface area (Å²) in [4.78, 5) is 8.98. The van der Waals surface area contributed by atoms with Gasteiger partial charge in [-0.05, 0) is 55.7 Å². The Hall–Kier alpha value is -3.15. The number of aromatic nitrogens is 2. The van der Waals surface area contributed by atoms with Gasteiger partial charge in [0.15, 0.2) is 0 Å². The van der Waals surface area contributed by atoms with E-state index in [1.807, 2.05) is 38.1 Å². The van der Waals surface area contributed by atoms with E-state index >= 15 is 0 Å². The lowest BCUT2D eigenvalue weighted by molar-refractivity contribution is 0.416. The molecule has 0 amide bonds. The molecule has 0 bridgehead atoms. The molecule has 0 aliphatic carbocycles. The van der Waals surface area contributed by atoms with E-state index in [0.717, 1.165) is 40.5 Å². The van der Waals surface area contributed by atoms with Gasteiger partial charge in [-0.1, -0.05) is 18.2 Å². The summed E-state index contributed by atoms with van der Waals surface area (Å²) in [5.41, 5.74) is 3.85. The number of hydrogen-bond donors (Lipinski definition) is 2. The van der Waals surface area contributed by atoms with E-state index in [1.165, 1.54) is 12.1 Å². The molecule has 0 atom stereocenters. The van der Waals surface area contributed by atoms with Crippen molar-refractivity contribution < 1.29 is 9.13 Å². The predicted octanol–water partition coefficient (Wildman–Crippen LogP) is 4.64. The van der Waals surface area contributed by atoms with Gasteiger partial charge < -0.3 is 15.4 Å². The normalized spacial score (nSPS) is 10.5. The molecule has 5 nitrogen and oxygen atoms in total. The number of nitrogens with zero attached hydrogens (tertiary/aromatic N) is 2. The quantitative estimate of drug-likeness (QED) is 0.638. The summed E-state index contributed by atoms with van der Waals surface area (Å²) in [5, 5.41) is 6.53. The van der Waals surface area contributed by atoms with Crippen LogP contribution in [0.15, 0.2) is 48.5 Å². The second kappa shape index (κ2) is 8.49. The summed E-state index contributed by atoms with van der Waals surface area (Å²) in [6.07, 6.45) is 0.776. The van der Waals surface area contributed by atoms with Gasteiger partial charge in [-0.3, -0.25) is 0 Å². The summed E-state index contributed by atoms with van der Waals surface area (Å²) in [7, 11) is 1.63. The number of benzene rings is 2. The predicted molar refractivity (Wildman–Crippen MR) is 106 cm³/mol. The largest absolute Gasteiger partial charge is 0.495 e. The minimum absolute atomic E-state index is 0.222. The molecule has 0 aliphatic rings. The van der Waals surface area contributed by atoms with Crippen LogP contribution in [0.25, 0.3) is 0 Å². The zero-order chi connectivity index (χ0) is 19.2. The molecule has 0 spiro atoms. The molecule has 3 rings (SSSR count). The average Bonchev–Trinajstić information content (AvgIpc) is 2.63. The first-order valence-electron chi connectivity index (χ1n) is 8.79. The Morgan fingerprint density at radius 2 is 1.78 bits per heavy atom. The Morgan fingerprint density at radius 1 is 1.00 bits per heavy atom. The van der Waals surface area contributed by atoms with Crippen molar-refractivity contribution in [2.75, 3.05) is 24.3 Å². The van der Waals surface area contributed by atoms with E-state index in [0.29, 0.717) is 12.5 Å². The van der Waals surface area contributed by atoms with Crippen molar-refractivity contribution in [2.45, 2.75) is 20.3 Å².